The van der Waals surface area contributed by atoms with E-state index in [-0.39, 0.29) is 35.6 Å². The molecule has 1 aromatic carbocycles. The van der Waals surface area contributed by atoms with Crippen LogP contribution in [0.2, 0.25) is 0 Å². The number of amides is 2. The highest BCUT2D eigenvalue weighted by Gasteiger charge is 2.34. The molecule has 1 atom stereocenters. The molecule has 1 fully saturated rings. The van der Waals surface area contributed by atoms with Crippen molar-refractivity contribution in [3.8, 4) is 0 Å². The van der Waals surface area contributed by atoms with Crippen LogP contribution in [0, 0.1) is 11.7 Å². The Hall–Kier alpha value is -3.14. The van der Waals surface area contributed by atoms with Gasteiger partial charge in [0.15, 0.2) is 5.11 Å². The predicted molar refractivity (Wildman–Crippen MR) is 95.3 cm³/mol. The Kier molecular flexibility index (Phi) is 6.35. The number of anilines is 1. The van der Waals surface area contributed by atoms with Gasteiger partial charge >= 0.3 is 11.9 Å². The maximum Gasteiger partial charge on any atom is 0.306 e. The van der Waals surface area contributed by atoms with Gasteiger partial charge < -0.3 is 10.2 Å². The number of hydrogen-bond donors (Lipinski definition) is 3. The first kappa shape index (κ1) is 20.2. The summed E-state index contributed by atoms with van der Waals surface area (Å²) in [6.45, 7) is 0. The number of carbonyl (C=O) groups excluding carboxylic acids is 2. The van der Waals surface area contributed by atoms with Gasteiger partial charge in [-0.1, -0.05) is 6.08 Å². The van der Waals surface area contributed by atoms with E-state index in [4.69, 9.17) is 17.3 Å². The summed E-state index contributed by atoms with van der Waals surface area (Å²) in [5.74, 6) is -5.53. The summed E-state index contributed by atoms with van der Waals surface area (Å²) in [7, 11) is 0. The van der Waals surface area contributed by atoms with Crippen molar-refractivity contribution in [2.75, 3.05) is 4.90 Å². The molecule has 0 aromatic heterocycles. The molecule has 0 unspecified atom stereocenters. The Morgan fingerprint density at radius 1 is 1.22 bits per heavy atom. The largest absolute Gasteiger partial charge is 0.481 e. The van der Waals surface area contributed by atoms with Crippen LogP contribution in [-0.2, 0) is 19.2 Å². The van der Waals surface area contributed by atoms with E-state index in [1.165, 1.54) is 12.1 Å². The SMILES string of the molecule is O=C(O)CC[C@H](C/C=C1\C(=O)NC(=S)N(c2ccc(F)cc2)C1=O)C(=O)O. The highest BCUT2D eigenvalue weighted by atomic mass is 32.1. The lowest BCUT2D eigenvalue weighted by Gasteiger charge is -2.29. The molecule has 0 aliphatic carbocycles. The normalized spacial score (nSPS) is 17.0. The topological polar surface area (TPSA) is 124 Å². The minimum Gasteiger partial charge on any atom is -0.481 e. The molecule has 1 heterocycles. The Morgan fingerprint density at radius 3 is 2.41 bits per heavy atom. The lowest BCUT2D eigenvalue weighted by Crippen LogP contribution is -2.54. The Labute approximate surface area is 158 Å². The van der Waals surface area contributed by atoms with Gasteiger partial charge in [0.1, 0.15) is 11.4 Å². The second-order valence-corrected chi connectivity index (χ2v) is 6.08. The summed E-state index contributed by atoms with van der Waals surface area (Å²) in [5, 5.41) is 20.0. The zero-order valence-electron chi connectivity index (χ0n) is 13.8. The summed E-state index contributed by atoms with van der Waals surface area (Å²) in [4.78, 5) is 47.6. The maximum absolute atomic E-state index is 13.1. The van der Waals surface area contributed by atoms with E-state index in [1.54, 1.807) is 0 Å². The maximum atomic E-state index is 13.1. The lowest BCUT2D eigenvalue weighted by molar-refractivity contribution is -0.143. The van der Waals surface area contributed by atoms with Crippen LogP contribution in [0.1, 0.15) is 19.3 Å². The monoisotopic (exact) mass is 394 g/mol. The number of benzene rings is 1. The molecule has 1 saturated heterocycles. The molecule has 1 aliphatic heterocycles. The van der Waals surface area contributed by atoms with Crippen molar-refractivity contribution in [1.82, 2.24) is 5.32 Å². The quantitative estimate of drug-likeness (QED) is 0.363. The number of aliphatic carboxylic acids is 2. The second-order valence-electron chi connectivity index (χ2n) is 5.70. The smallest absolute Gasteiger partial charge is 0.306 e. The third kappa shape index (κ3) is 4.94. The van der Waals surface area contributed by atoms with Crippen LogP contribution in [0.5, 0.6) is 0 Å². The van der Waals surface area contributed by atoms with Crippen LogP contribution < -0.4 is 10.2 Å². The summed E-state index contributed by atoms with van der Waals surface area (Å²) < 4.78 is 13.1. The highest BCUT2D eigenvalue weighted by Crippen LogP contribution is 2.22. The summed E-state index contributed by atoms with van der Waals surface area (Å²) in [6, 6.07) is 4.86. The van der Waals surface area contributed by atoms with Gasteiger partial charge in [-0.2, -0.15) is 0 Å². The average molecular weight is 394 g/mol. The minimum atomic E-state index is -1.23. The van der Waals surface area contributed by atoms with Crippen molar-refractivity contribution >= 4 is 46.8 Å². The van der Waals surface area contributed by atoms with E-state index in [0.29, 0.717) is 0 Å². The zero-order valence-corrected chi connectivity index (χ0v) is 14.7. The number of rotatable bonds is 7. The summed E-state index contributed by atoms with van der Waals surface area (Å²) in [5.41, 5.74) is -0.0903. The fraction of sp³-hybridized carbons (Fsp3) is 0.235. The van der Waals surface area contributed by atoms with Crippen molar-refractivity contribution in [1.29, 1.82) is 0 Å². The summed E-state index contributed by atoms with van der Waals surface area (Å²) >= 11 is 4.99. The lowest BCUT2D eigenvalue weighted by atomic mass is 9.97. The van der Waals surface area contributed by atoms with Gasteiger partial charge in [0.05, 0.1) is 11.6 Å². The molecule has 1 aliphatic rings. The fourth-order valence-electron chi connectivity index (χ4n) is 2.43. The molecule has 0 radical (unpaired) electrons. The van der Waals surface area contributed by atoms with Gasteiger partial charge in [0, 0.05) is 6.42 Å². The van der Waals surface area contributed by atoms with E-state index in [1.807, 2.05) is 0 Å². The molecule has 10 heteroatoms. The van der Waals surface area contributed by atoms with E-state index in [9.17, 15) is 28.7 Å². The third-order valence-corrected chi connectivity index (χ3v) is 4.13. The molecular formula is C17H15FN2O6S. The van der Waals surface area contributed by atoms with Crippen molar-refractivity contribution in [3.63, 3.8) is 0 Å². The van der Waals surface area contributed by atoms with Crippen LogP contribution in [0.15, 0.2) is 35.9 Å². The zero-order chi connectivity index (χ0) is 20.1. The third-order valence-electron chi connectivity index (χ3n) is 3.85. The second kappa shape index (κ2) is 8.49. The van der Waals surface area contributed by atoms with Crippen molar-refractivity contribution in [2.45, 2.75) is 19.3 Å². The predicted octanol–water partition coefficient (Wildman–Crippen LogP) is 1.46. The number of thiocarbonyl (C=S) groups is 1. The van der Waals surface area contributed by atoms with Crippen LogP contribution in [0.3, 0.4) is 0 Å². The van der Waals surface area contributed by atoms with Gasteiger partial charge in [-0.25, -0.2) is 4.39 Å². The van der Waals surface area contributed by atoms with Gasteiger partial charge in [0.25, 0.3) is 11.8 Å². The summed E-state index contributed by atoms with van der Waals surface area (Å²) in [6.07, 6.45) is 0.439. The molecule has 142 valence electrons. The molecule has 2 rings (SSSR count). The number of halogens is 1. The van der Waals surface area contributed by atoms with E-state index >= 15 is 0 Å². The van der Waals surface area contributed by atoms with Crippen LogP contribution >= 0.6 is 12.2 Å². The highest BCUT2D eigenvalue weighted by molar-refractivity contribution is 7.80. The number of nitrogens with one attached hydrogen (secondary N) is 1. The molecule has 0 spiro atoms. The number of hydrogen-bond acceptors (Lipinski definition) is 5. The number of carboxylic acids is 2. The number of allylic oxidation sites excluding steroid dienone is 1. The van der Waals surface area contributed by atoms with Gasteiger partial charge in [-0.3, -0.25) is 29.4 Å². The van der Waals surface area contributed by atoms with Crippen molar-refractivity contribution in [3.05, 3.63) is 41.7 Å². The molecule has 0 saturated carbocycles. The number of carbonyl (C=O) groups is 4. The van der Waals surface area contributed by atoms with Gasteiger partial charge in [-0.15, -0.1) is 0 Å². The molecule has 2 amide bonds. The van der Waals surface area contributed by atoms with E-state index in [2.05, 4.69) is 5.32 Å². The first-order valence-corrected chi connectivity index (χ1v) is 8.21. The molecule has 1 aromatic rings. The molecule has 8 nitrogen and oxygen atoms in total. The molecule has 3 N–H and O–H groups in total. The van der Waals surface area contributed by atoms with Crippen molar-refractivity contribution in [2.24, 2.45) is 5.92 Å². The first-order chi connectivity index (χ1) is 12.7. The average Bonchev–Trinajstić information content (AvgIpc) is 2.58. The van der Waals surface area contributed by atoms with Crippen molar-refractivity contribution < 1.29 is 33.8 Å². The Bertz CT molecular complexity index is 836. The molecular weight excluding hydrogens is 379 g/mol. The molecule has 0 bridgehead atoms. The van der Waals surface area contributed by atoms with Crippen LogP contribution in [-0.4, -0.2) is 39.1 Å². The van der Waals surface area contributed by atoms with Crippen LogP contribution in [0.25, 0.3) is 0 Å². The molecule has 27 heavy (non-hydrogen) atoms. The minimum absolute atomic E-state index is 0.148. The first-order valence-electron chi connectivity index (χ1n) is 7.80. The number of carboxylic acid groups (broad SMARTS) is 2. The van der Waals surface area contributed by atoms with E-state index in [0.717, 1.165) is 23.1 Å². The Morgan fingerprint density at radius 2 is 1.85 bits per heavy atom. The van der Waals surface area contributed by atoms with Gasteiger partial charge in [0.2, 0.25) is 0 Å². The Balaban J connectivity index is 2.24. The standard InChI is InChI=1S/C17H15FN2O6S/c18-10-3-5-11(6-4-10)20-15(24)12(14(23)19-17(20)27)7-1-9(16(25)26)2-8-13(21)22/h3-7,9H,1-2,8H2,(H,21,22)(H,25,26)(H,19,23,27)/b12-7+/t9-/m0/s1. The fourth-order valence-corrected chi connectivity index (χ4v) is 2.72. The van der Waals surface area contributed by atoms with E-state index < -0.39 is 35.5 Å². The van der Waals surface area contributed by atoms with Gasteiger partial charge in [-0.05, 0) is 49.3 Å². The van der Waals surface area contributed by atoms with Crippen LogP contribution in [0.4, 0.5) is 10.1 Å². The number of nitrogens with zero attached hydrogens (tertiary/aromatic N) is 1.